The van der Waals surface area contributed by atoms with Crippen molar-refractivity contribution in [3.05, 3.63) is 30.1 Å². The monoisotopic (exact) mass is 253 g/mol. The molecule has 1 unspecified atom stereocenters. The first-order valence-electron chi connectivity index (χ1n) is 5.38. The number of amides is 1. The highest BCUT2D eigenvalue weighted by Crippen LogP contribution is 2.18. The molecule has 1 aromatic carbocycles. The molecule has 1 atom stereocenters. The number of halogens is 2. The molecule has 1 aromatic heterocycles. The van der Waals surface area contributed by atoms with E-state index in [1.54, 1.807) is 4.57 Å². The van der Waals surface area contributed by atoms with Gasteiger partial charge in [0.15, 0.2) is 11.6 Å². The highest BCUT2D eigenvalue weighted by molar-refractivity contribution is 5.75. The van der Waals surface area contributed by atoms with Crippen molar-refractivity contribution in [2.45, 2.75) is 12.6 Å². The van der Waals surface area contributed by atoms with Crippen molar-refractivity contribution in [1.29, 1.82) is 0 Å². The highest BCUT2D eigenvalue weighted by atomic mass is 19.2. The molecule has 1 fully saturated rings. The first-order valence-corrected chi connectivity index (χ1v) is 5.38. The number of carbonyl (C=O) groups excluding carboxylic acids is 1. The van der Waals surface area contributed by atoms with Crippen LogP contribution in [-0.2, 0) is 11.3 Å². The number of nitrogens with one attached hydrogen (secondary N) is 1. The number of hydrogen-bond acceptors (Lipinski definition) is 3. The Bertz CT molecular complexity index is 626. The van der Waals surface area contributed by atoms with Crippen LogP contribution in [0.4, 0.5) is 13.6 Å². The number of nitrogens with zero attached hydrogens (tertiary/aromatic N) is 2. The van der Waals surface area contributed by atoms with E-state index in [9.17, 15) is 13.6 Å². The summed E-state index contributed by atoms with van der Waals surface area (Å²) in [5.74, 6) is -1.85. The molecule has 0 saturated carbocycles. The van der Waals surface area contributed by atoms with Crippen LogP contribution in [0.15, 0.2) is 18.5 Å². The van der Waals surface area contributed by atoms with Gasteiger partial charge in [0.05, 0.1) is 30.5 Å². The maximum absolute atomic E-state index is 13.2. The molecule has 1 N–H and O–H groups in total. The van der Waals surface area contributed by atoms with Crippen molar-refractivity contribution in [3.63, 3.8) is 0 Å². The summed E-state index contributed by atoms with van der Waals surface area (Å²) >= 11 is 0. The lowest BCUT2D eigenvalue weighted by Gasteiger charge is -2.09. The van der Waals surface area contributed by atoms with Crippen LogP contribution in [-0.4, -0.2) is 28.3 Å². The van der Waals surface area contributed by atoms with Gasteiger partial charge in [-0.15, -0.1) is 0 Å². The Kier molecular flexibility index (Phi) is 2.39. The van der Waals surface area contributed by atoms with Gasteiger partial charge in [-0.1, -0.05) is 0 Å². The average molecular weight is 253 g/mol. The zero-order valence-corrected chi connectivity index (χ0v) is 9.19. The normalized spacial score (nSPS) is 19.0. The van der Waals surface area contributed by atoms with Crippen molar-refractivity contribution >= 4 is 17.1 Å². The van der Waals surface area contributed by atoms with E-state index in [-0.39, 0.29) is 6.10 Å². The quantitative estimate of drug-likeness (QED) is 0.880. The summed E-state index contributed by atoms with van der Waals surface area (Å²) in [6, 6.07) is 2.13. The maximum atomic E-state index is 13.2. The van der Waals surface area contributed by atoms with E-state index in [0.29, 0.717) is 24.1 Å². The van der Waals surface area contributed by atoms with Crippen LogP contribution in [0, 0.1) is 11.6 Å². The molecule has 18 heavy (non-hydrogen) atoms. The van der Waals surface area contributed by atoms with Crippen molar-refractivity contribution in [3.8, 4) is 0 Å². The summed E-state index contributed by atoms with van der Waals surface area (Å²) in [5, 5.41) is 2.52. The van der Waals surface area contributed by atoms with Crippen molar-refractivity contribution in [2.75, 3.05) is 6.54 Å². The molecule has 0 aliphatic carbocycles. The molecule has 5 nitrogen and oxygen atoms in total. The van der Waals surface area contributed by atoms with E-state index < -0.39 is 17.7 Å². The first kappa shape index (κ1) is 10.9. The second-order valence-corrected chi connectivity index (χ2v) is 4.06. The van der Waals surface area contributed by atoms with Gasteiger partial charge in [-0.05, 0) is 0 Å². The maximum Gasteiger partial charge on any atom is 0.407 e. The van der Waals surface area contributed by atoms with E-state index in [2.05, 4.69) is 10.3 Å². The molecular weight excluding hydrogens is 244 g/mol. The number of ether oxygens (including phenoxy) is 1. The van der Waals surface area contributed by atoms with Crippen molar-refractivity contribution in [1.82, 2.24) is 14.9 Å². The fraction of sp³-hybridized carbons (Fsp3) is 0.273. The van der Waals surface area contributed by atoms with Crippen LogP contribution in [0.1, 0.15) is 0 Å². The third kappa shape index (κ3) is 1.77. The van der Waals surface area contributed by atoms with Crippen molar-refractivity contribution < 1.29 is 18.3 Å². The standard InChI is InChI=1S/C11H9F2N3O2/c12-7-1-9-10(2-8(7)13)16(5-15-9)4-6-3-14-11(17)18-6/h1-2,5-6H,3-4H2,(H,14,17). The Hall–Kier alpha value is -2.18. The van der Waals surface area contributed by atoms with Gasteiger partial charge in [-0.25, -0.2) is 18.6 Å². The number of alkyl carbamates (subject to hydrolysis) is 1. The smallest absolute Gasteiger partial charge is 0.407 e. The number of aromatic nitrogens is 2. The summed E-state index contributed by atoms with van der Waals surface area (Å²) in [4.78, 5) is 14.9. The Morgan fingerprint density at radius 1 is 1.44 bits per heavy atom. The lowest BCUT2D eigenvalue weighted by molar-refractivity contribution is 0.131. The van der Waals surface area contributed by atoms with Crippen LogP contribution in [0.3, 0.4) is 0 Å². The van der Waals surface area contributed by atoms with Crippen LogP contribution in [0.25, 0.3) is 11.0 Å². The van der Waals surface area contributed by atoms with E-state index in [1.807, 2.05) is 0 Å². The topological polar surface area (TPSA) is 56.2 Å². The molecular formula is C11H9F2N3O2. The van der Waals surface area contributed by atoms with Gasteiger partial charge in [0.2, 0.25) is 0 Å². The van der Waals surface area contributed by atoms with Gasteiger partial charge in [0.1, 0.15) is 6.10 Å². The lowest BCUT2D eigenvalue weighted by atomic mass is 10.3. The van der Waals surface area contributed by atoms with E-state index in [0.717, 1.165) is 12.1 Å². The molecule has 94 valence electrons. The van der Waals surface area contributed by atoms with Crippen molar-refractivity contribution in [2.24, 2.45) is 0 Å². The molecule has 0 bridgehead atoms. The average Bonchev–Trinajstić information content (AvgIpc) is 2.89. The lowest BCUT2D eigenvalue weighted by Crippen LogP contribution is -2.20. The molecule has 3 rings (SSSR count). The number of imidazole rings is 1. The zero-order chi connectivity index (χ0) is 12.7. The predicted molar refractivity (Wildman–Crippen MR) is 57.9 cm³/mol. The number of hydrogen-bond donors (Lipinski definition) is 1. The molecule has 0 spiro atoms. The van der Waals surface area contributed by atoms with E-state index in [1.165, 1.54) is 6.33 Å². The second kappa shape index (κ2) is 3.94. The van der Waals surface area contributed by atoms with Crippen LogP contribution in [0.5, 0.6) is 0 Å². The number of fused-ring (bicyclic) bond motifs is 1. The fourth-order valence-corrected chi connectivity index (χ4v) is 1.95. The summed E-state index contributed by atoms with van der Waals surface area (Å²) in [7, 11) is 0. The third-order valence-electron chi connectivity index (χ3n) is 2.81. The highest BCUT2D eigenvalue weighted by Gasteiger charge is 2.23. The minimum atomic E-state index is -0.929. The minimum Gasteiger partial charge on any atom is -0.442 e. The molecule has 7 heteroatoms. The molecule has 2 aromatic rings. The third-order valence-corrected chi connectivity index (χ3v) is 2.81. The van der Waals surface area contributed by atoms with Gasteiger partial charge < -0.3 is 14.6 Å². The largest absolute Gasteiger partial charge is 0.442 e. The predicted octanol–water partition coefficient (Wildman–Crippen LogP) is 1.42. The van der Waals surface area contributed by atoms with Gasteiger partial charge >= 0.3 is 6.09 Å². The zero-order valence-electron chi connectivity index (χ0n) is 9.19. The molecule has 1 aliphatic rings. The van der Waals surface area contributed by atoms with Gasteiger partial charge in [-0.3, -0.25) is 0 Å². The van der Waals surface area contributed by atoms with Gasteiger partial charge in [-0.2, -0.15) is 0 Å². The Labute approximate surface area is 100 Å². The molecule has 0 radical (unpaired) electrons. The summed E-state index contributed by atoms with van der Waals surface area (Å²) < 4.78 is 32.8. The van der Waals surface area contributed by atoms with Gasteiger partial charge in [0, 0.05) is 12.1 Å². The molecule has 1 saturated heterocycles. The van der Waals surface area contributed by atoms with Crippen LogP contribution < -0.4 is 5.32 Å². The number of benzene rings is 1. The SMILES string of the molecule is O=C1NCC(Cn2cnc3cc(F)c(F)cc32)O1. The summed E-state index contributed by atoms with van der Waals surface area (Å²) in [6.45, 7) is 0.739. The van der Waals surface area contributed by atoms with Crippen LogP contribution >= 0.6 is 0 Å². The fourth-order valence-electron chi connectivity index (χ4n) is 1.95. The first-order chi connectivity index (χ1) is 8.63. The number of rotatable bonds is 2. The summed E-state index contributed by atoms with van der Waals surface area (Å²) in [5.41, 5.74) is 0.836. The Morgan fingerprint density at radius 2 is 2.22 bits per heavy atom. The Balaban J connectivity index is 1.92. The molecule has 1 aliphatic heterocycles. The summed E-state index contributed by atoms with van der Waals surface area (Å²) in [6.07, 6.45) is 0.667. The van der Waals surface area contributed by atoms with Crippen LogP contribution in [0.2, 0.25) is 0 Å². The number of cyclic esters (lactones) is 1. The minimum absolute atomic E-state index is 0.331. The second-order valence-electron chi connectivity index (χ2n) is 4.06. The van der Waals surface area contributed by atoms with E-state index >= 15 is 0 Å². The van der Waals surface area contributed by atoms with E-state index in [4.69, 9.17) is 4.74 Å². The molecule has 1 amide bonds. The Morgan fingerprint density at radius 3 is 2.94 bits per heavy atom. The molecule has 2 heterocycles. The van der Waals surface area contributed by atoms with Gasteiger partial charge in [0.25, 0.3) is 0 Å². The number of carbonyl (C=O) groups is 1.